The molecule has 8 heteroatoms. The monoisotopic (exact) mass is 528 g/mol. The Morgan fingerprint density at radius 1 is 1.18 bits per heavy atom. The minimum absolute atomic E-state index is 0.0524. The Labute approximate surface area is 221 Å². The largest absolute Gasteiger partial charge is 0.497 e. The van der Waals surface area contributed by atoms with Crippen molar-refractivity contribution >= 4 is 16.9 Å². The minimum Gasteiger partial charge on any atom is -0.497 e. The minimum atomic E-state index is -1.18. The van der Waals surface area contributed by atoms with Crippen LogP contribution in [0.15, 0.2) is 48.7 Å². The van der Waals surface area contributed by atoms with Crippen molar-refractivity contribution in [2.45, 2.75) is 51.1 Å². The maximum Gasteiger partial charge on any atom is 0.303 e. The highest BCUT2D eigenvalue weighted by molar-refractivity contribution is 5.83. The van der Waals surface area contributed by atoms with Gasteiger partial charge in [0, 0.05) is 24.5 Å². The van der Waals surface area contributed by atoms with Crippen molar-refractivity contribution in [3.63, 3.8) is 0 Å². The normalized spacial score (nSPS) is 18.9. The number of aromatic nitrogens is 1. The van der Waals surface area contributed by atoms with E-state index in [2.05, 4.69) is 9.88 Å². The molecule has 3 aromatic rings. The Morgan fingerprint density at radius 2 is 2.03 bits per heavy atom. The third-order valence-corrected chi connectivity index (χ3v) is 7.73. The van der Waals surface area contributed by atoms with Crippen molar-refractivity contribution in [3.8, 4) is 5.75 Å². The fraction of sp³-hybridized carbons (Fsp3) is 0.467. The number of aliphatic carboxylic acids is 1. The highest BCUT2D eigenvalue weighted by Gasteiger charge is 2.31. The summed E-state index contributed by atoms with van der Waals surface area (Å²) in [5, 5.41) is 10.2. The van der Waals surface area contributed by atoms with E-state index in [1.807, 2.05) is 6.07 Å². The standard InChI is InChI=1S/C30H35F3N2O3/c1-38-23-9-11-28-25(18-23)24(12-14-34-28)26(31)10-8-20-13-16-35(19-22(20)17-29(36)37)15-3-2-5-21-6-4-7-27(32)30(21)33/h4,6-7,9,11-12,14,18,20,22,26H,2-3,5,8,10,13,15-17,19H2,1H3,(H,36,37)/t20-,22+,26-/m1/s1. The van der Waals surface area contributed by atoms with Crippen LogP contribution < -0.4 is 4.74 Å². The van der Waals surface area contributed by atoms with E-state index in [1.165, 1.54) is 6.07 Å². The lowest BCUT2D eigenvalue weighted by molar-refractivity contribution is -0.139. The van der Waals surface area contributed by atoms with E-state index in [4.69, 9.17) is 4.74 Å². The van der Waals surface area contributed by atoms with Crippen LogP contribution >= 0.6 is 0 Å². The van der Waals surface area contributed by atoms with Crippen molar-refractivity contribution in [2.24, 2.45) is 11.8 Å². The summed E-state index contributed by atoms with van der Waals surface area (Å²) in [6.45, 7) is 2.25. The first-order chi connectivity index (χ1) is 18.4. The molecule has 0 unspecified atom stereocenters. The average molecular weight is 529 g/mol. The number of piperidine rings is 1. The van der Waals surface area contributed by atoms with Crippen molar-refractivity contribution in [1.29, 1.82) is 0 Å². The number of halogens is 3. The molecule has 204 valence electrons. The zero-order valence-electron chi connectivity index (χ0n) is 21.7. The van der Waals surface area contributed by atoms with Crippen LogP contribution in [0.3, 0.4) is 0 Å². The lowest BCUT2D eigenvalue weighted by atomic mass is 9.79. The Bertz CT molecular complexity index is 1240. The third-order valence-electron chi connectivity index (χ3n) is 7.73. The Morgan fingerprint density at radius 3 is 2.82 bits per heavy atom. The molecule has 2 aromatic carbocycles. The third kappa shape index (κ3) is 7.04. The molecule has 1 aliphatic rings. The second-order valence-electron chi connectivity index (χ2n) is 10.2. The maximum absolute atomic E-state index is 15.5. The number of fused-ring (bicyclic) bond motifs is 1. The molecule has 1 aromatic heterocycles. The van der Waals surface area contributed by atoms with Crippen LogP contribution in [0.5, 0.6) is 5.75 Å². The predicted molar refractivity (Wildman–Crippen MR) is 141 cm³/mol. The number of carboxylic acid groups (broad SMARTS) is 1. The molecule has 5 nitrogen and oxygen atoms in total. The van der Waals surface area contributed by atoms with E-state index < -0.39 is 23.8 Å². The molecular formula is C30H35F3N2O3. The summed E-state index contributed by atoms with van der Waals surface area (Å²) in [6, 6.07) is 11.4. The molecule has 4 rings (SSSR count). The topological polar surface area (TPSA) is 62.7 Å². The van der Waals surface area contributed by atoms with Gasteiger partial charge in [-0.05, 0) is 105 Å². The molecule has 1 saturated heterocycles. The number of hydrogen-bond acceptors (Lipinski definition) is 4. The molecule has 1 fully saturated rings. The number of aryl methyl sites for hydroxylation is 1. The molecule has 0 bridgehead atoms. The van der Waals surface area contributed by atoms with Gasteiger partial charge in [-0.3, -0.25) is 9.78 Å². The lowest BCUT2D eigenvalue weighted by Gasteiger charge is -2.38. The van der Waals surface area contributed by atoms with Crippen molar-refractivity contribution in [3.05, 3.63) is 71.4 Å². The molecule has 1 N–H and O–H groups in total. The van der Waals surface area contributed by atoms with Gasteiger partial charge in [0.1, 0.15) is 11.9 Å². The number of benzene rings is 2. The summed E-state index contributed by atoms with van der Waals surface area (Å²) in [6.07, 6.45) is 4.23. The number of hydrogen-bond donors (Lipinski definition) is 1. The molecule has 0 amide bonds. The smallest absolute Gasteiger partial charge is 0.303 e. The quantitative estimate of drug-likeness (QED) is 0.264. The summed E-state index contributed by atoms with van der Waals surface area (Å²) in [5.41, 5.74) is 1.67. The molecule has 0 saturated carbocycles. The summed E-state index contributed by atoms with van der Waals surface area (Å²) < 4.78 is 48.1. The van der Waals surface area contributed by atoms with Crippen LogP contribution in [0.1, 0.15) is 55.8 Å². The zero-order chi connectivity index (χ0) is 27.1. The number of methoxy groups -OCH3 is 1. The predicted octanol–water partition coefficient (Wildman–Crippen LogP) is 6.75. The molecular weight excluding hydrogens is 493 g/mol. The van der Waals surface area contributed by atoms with Crippen molar-refractivity contribution in [2.75, 3.05) is 26.7 Å². The first-order valence-corrected chi connectivity index (χ1v) is 13.3. The number of ether oxygens (including phenoxy) is 1. The second-order valence-corrected chi connectivity index (χ2v) is 10.2. The van der Waals surface area contributed by atoms with Gasteiger partial charge < -0.3 is 14.7 Å². The van der Waals surface area contributed by atoms with Gasteiger partial charge in [-0.1, -0.05) is 12.1 Å². The number of likely N-dealkylation sites (tertiary alicyclic amines) is 1. The van der Waals surface area contributed by atoms with E-state index >= 15 is 4.39 Å². The van der Waals surface area contributed by atoms with Gasteiger partial charge in [-0.15, -0.1) is 0 Å². The number of nitrogens with zero attached hydrogens (tertiary/aromatic N) is 2. The summed E-state index contributed by atoms with van der Waals surface area (Å²) in [4.78, 5) is 18.2. The van der Waals surface area contributed by atoms with Gasteiger partial charge in [-0.2, -0.15) is 0 Å². The number of rotatable bonds is 12. The fourth-order valence-electron chi connectivity index (χ4n) is 5.65. The van der Waals surface area contributed by atoms with Crippen LogP contribution in [0, 0.1) is 23.5 Å². The Hall–Kier alpha value is -3.13. The van der Waals surface area contributed by atoms with E-state index in [0.29, 0.717) is 48.2 Å². The highest BCUT2D eigenvalue weighted by Crippen LogP contribution is 2.36. The van der Waals surface area contributed by atoms with Crippen molar-refractivity contribution in [1.82, 2.24) is 9.88 Å². The summed E-state index contributed by atoms with van der Waals surface area (Å²) in [5.74, 6) is -1.72. The number of carboxylic acids is 1. The summed E-state index contributed by atoms with van der Waals surface area (Å²) in [7, 11) is 1.57. The molecule has 1 aliphatic heterocycles. The molecule has 0 aliphatic carbocycles. The van der Waals surface area contributed by atoms with Gasteiger partial charge in [0.25, 0.3) is 0 Å². The molecule has 38 heavy (non-hydrogen) atoms. The van der Waals surface area contributed by atoms with Crippen LogP contribution in [-0.2, 0) is 11.2 Å². The number of carbonyl (C=O) groups is 1. The van der Waals surface area contributed by atoms with Crippen molar-refractivity contribution < 1.29 is 27.8 Å². The van der Waals surface area contributed by atoms with Crippen LogP contribution in [0.2, 0.25) is 0 Å². The number of alkyl halides is 1. The highest BCUT2D eigenvalue weighted by atomic mass is 19.2. The molecule has 3 atom stereocenters. The van der Waals surface area contributed by atoms with Gasteiger partial charge >= 0.3 is 5.97 Å². The maximum atomic E-state index is 15.5. The van der Waals surface area contributed by atoms with Crippen LogP contribution in [-0.4, -0.2) is 47.7 Å². The molecule has 2 heterocycles. The Kier molecular flexibility index (Phi) is 9.61. The summed E-state index contributed by atoms with van der Waals surface area (Å²) >= 11 is 0. The van der Waals surface area contributed by atoms with Crippen LogP contribution in [0.25, 0.3) is 10.9 Å². The second kappa shape index (κ2) is 13.1. The van der Waals surface area contributed by atoms with E-state index in [-0.39, 0.29) is 18.3 Å². The first kappa shape index (κ1) is 27.9. The zero-order valence-corrected chi connectivity index (χ0v) is 21.7. The Balaban J connectivity index is 1.31. The van der Waals surface area contributed by atoms with Gasteiger partial charge in [0.2, 0.25) is 0 Å². The van der Waals surface area contributed by atoms with E-state index in [1.54, 1.807) is 37.6 Å². The van der Waals surface area contributed by atoms with E-state index in [0.717, 1.165) is 43.8 Å². The number of pyridine rings is 1. The SMILES string of the molecule is COc1ccc2nccc([C@H](F)CC[C@@H]3CCN(CCCCc4cccc(F)c4F)C[C@@H]3CC(=O)O)c2c1. The average Bonchev–Trinajstić information content (AvgIpc) is 2.91. The fourth-order valence-corrected chi connectivity index (χ4v) is 5.65. The lowest BCUT2D eigenvalue weighted by Crippen LogP contribution is -2.41. The molecule has 0 radical (unpaired) electrons. The molecule has 0 spiro atoms. The van der Waals surface area contributed by atoms with Gasteiger partial charge in [0.05, 0.1) is 12.6 Å². The van der Waals surface area contributed by atoms with Gasteiger partial charge in [0.15, 0.2) is 11.6 Å². The first-order valence-electron chi connectivity index (χ1n) is 13.3. The van der Waals surface area contributed by atoms with Gasteiger partial charge in [-0.25, -0.2) is 13.2 Å². The van der Waals surface area contributed by atoms with E-state index in [9.17, 15) is 18.7 Å². The number of unbranched alkanes of at least 4 members (excludes halogenated alkanes) is 1. The van der Waals surface area contributed by atoms with Crippen LogP contribution in [0.4, 0.5) is 13.2 Å².